The van der Waals surface area contributed by atoms with E-state index in [2.05, 4.69) is 34.6 Å². The molecule has 2 rings (SSSR count). The zero-order valence-corrected chi connectivity index (χ0v) is 17.0. The molecule has 2 aromatic rings. The molecule has 152 valence electrons. The van der Waals surface area contributed by atoms with Gasteiger partial charge in [-0.05, 0) is 62.8 Å². The predicted octanol–water partition coefficient (Wildman–Crippen LogP) is 3.41. The quantitative estimate of drug-likeness (QED) is 0.373. The number of guanidine groups is 1. The molecule has 0 bridgehead atoms. The molecule has 0 fully saturated rings. The molecule has 28 heavy (non-hydrogen) atoms. The first-order valence-electron chi connectivity index (χ1n) is 9.70. The van der Waals surface area contributed by atoms with Crippen molar-refractivity contribution >= 4 is 5.96 Å². The van der Waals surface area contributed by atoms with Crippen LogP contribution in [0.15, 0.2) is 53.5 Å². The van der Waals surface area contributed by atoms with Gasteiger partial charge < -0.3 is 20.3 Å². The topological polar surface area (TPSA) is 48.9 Å². The first-order valence-corrected chi connectivity index (χ1v) is 9.70. The van der Waals surface area contributed by atoms with Crippen LogP contribution in [0.25, 0.3) is 0 Å². The molecule has 0 radical (unpaired) electrons. The largest absolute Gasteiger partial charge is 0.494 e. The molecular weight excluding hydrogens is 355 g/mol. The van der Waals surface area contributed by atoms with Gasteiger partial charge in [0.1, 0.15) is 11.6 Å². The van der Waals surface area contributed by atoms with E-state index in [1.165, 1.54) is 12.1 Å². The van der Waals surface area contributed by atoms with Gasteiger partial charge in [-0.2, -0.15) is 0 Å². The summed E-state index contributed by atoms with van der Waals surface area (Å²) in [5.74, 6) is 1.39. The van der Waals surface area contributed by atoms with Crippen LogP contribution in [-0.4, -0.2) is 44.7 Å². The SMILES string of the molecule is CCNC(=NCc1ccc(OCCCN(C)C)cc1)NCc1ccc(F)cc1. The van der Waals surface area contributed by atoms with E-state index in [4.69, 9.17) is 4.74 Å². The highest BCUT2D eigenvalue weighted by Crippen LogP contribution is 2.13. The molecular formula is C22H31FN4O. The third-order valence-corrected chi connectivity index (χ3v) is 4.08. The predicted molar refractivity (Wildman–Crippen MR) is 113 cm³/mol. The van der Waals surface area contributed by atoms with Crippen LogP contribution in [0.4, 0.5) is 4.39 Å². The first-order chi connectivity index (χ1) is 13.6. The van der Waals surface area contributed by atoms with Crippen LogP contribution in [-0.2, 0) is 13.1 Å². The van der Waals surface area contributed by atoms with E-state index in [0.29, 0.717) is 19.7 Å². The van der Waals surface area contributed by atoms with E-state index in [0.717, 1.165) is 42.3 Å². The van der Waals surface area contributed by atoms with Crippen LogP contribution < -0.4 is 15.4 Å². The molecule has 0 aliphatic carbocycles. The van der Waals surface area contributed by atoms with E-state index >= 15 is 0 Å². The maximum Gasteiger partial charge on any atom is 0.191 e. The number of ether oxygens (including phenoxy) is 1. The Morgan fingerprint density at radius 2 is 1.68 bits per heavy atom. The van der Waals surface area contributed by atoms with Crippen LogP contribution in [0.3, 0.4) is 0 Å². The minimum Gasteiger partial charge on any atom is -0.494 e. The molecule has 6 heteroatoms. The first kappa shape index (κ1) is 21.7. The zero-order valence-electron chi connectivity index (χ0n) is 17.0. The van der Waals surface area contributed by atoms with E-state index in [1.807, 2.05) is 31.2 Å². The zero-order chi connectivity index (χ0) is 20.2. The van der Waals surface area contributed by atoms with Crippen molar-refractivity contribution in [2.45, 2.75) is 26.4 Å². The molecule has 0 spiro atoms. The Morgan fingerprint density at radius 3 is 2.32 bits per heavy atom. The standard InChI is InChI=1S/C22H31FN4O/c1-4-24-22(25-16-18-6-10-20(23)11-7-18)26-17-19-8-12-21(13-9-19)28-15-5-14-27(2)3/h6-13H,4-5,14-17H2,1-3H3,(H2,24,25,26). The second-order valence-electron chi connectivity index (χ2n) is 6.82. The maximum atomic E-state index is 13.0. The Kier molecular flexibility index (Phi) is 9.28. The maximum absolute atomic E-state index is 13.0. The van der Waals surface area contributed by atoms with Crippen molar-refractivity contribution in [3.63, 3.8) is 0 Å². The summed E-state index contributed by atoms with van der Waals surface area (Å²) in [5, 5.41) is 6.49. The van der Waals surface area contributed by atoms with Crippen molar-refractivity contribution in [2.24, 2.45) is 4.99 Å². The Bertz CT molecular complexity index is 714. The van der Waals surface area contributed by atoms with Gasteiger partial charge in [-0.15, -0.1) is 0 Å². The Hall–Kier alpha value is -2.60. The molecule has 2 N–H and O–H groups in total. The summed E-state index contributed by atoms with van der Waals surface area (Å²) in [5.41, 5.74) is 2.11. The molecule has 0 saturated carbocycles. The highest BCUT2D eigenvalue weighted by molar-refractivity contribution is 5.79. The number of rotatable bonds is 10. The lowest BCUT2D eigenvalue weighted by molar-refractivity contribution is 0.281. The van der Waals surface area contributed by atoms with Crippen LogP contribution in [0, 0.1) is 5.82 Å². The van der Waals surface area contributed by atoms with Gasteiger partial charge in [-0.25, -0.2) is 9.38 Å². The third-order valence-electron chi connectivity index (χ3n) is 4.08. The lowest BCUT2D eigenvalue weighted by atomic mass is 10.2. The number of nitrogens with zero attached hydrogens (tertiary/aromatic N) is 2. The van der Waals surface area contributed by atoms with Crippen molar-refractivity contribution in [1.29, 1.82) is 0 Å². The minimum atomic E-state index is -0.227. The summed E-state index contributed by atoms with van der Waals surface area (Å²) >= 11 is 0. The van der Waals surface area contributed by atoms with Crippen LogP contribution in [0.1, 0.15) is 24.5 Å². The molecule has 2 aromatic carbocycles. The van der Waals surface area contributed by atoms with Gasteiger partial charge in [0.15, 0.2) is 5.96 Å². The molecule has 0 saturated heterocycles. The molecule has 0 amide bonds. The molecule has 0 unspecified atom stereocenters. The number of hydrogen-bond acceptors (Lipinski definition) is 3. The van der Waals surface area contributed by atoms with E-state index in [9.17, 15) is 4.39 Å². The second-order valence-corrected chi connectivity index (χ2v) is 6.82. The fraction of sp³-hybridized carbons (Fsp3) is 0.409. The second kappa shape index (κ2) is 12.0. The third kappa shape index (κ3) is 8.39. The van der Waals surface area contributed by atoms with Crippen LogP contribution >= 0.6 is 0 Å². The summed E-state index contributed by atoms with van der Waals surface area (Å²) in [6.45, 7) is 5.69. The van der Waals surface area contributed by atoms with Gasteiger partial charge in [0.25, 0.3) is 0 Å². The lowest BCUT2D eigenvalue weighted by Crippen LogP contribution is -2.36. The number of benzene rings is 2. The summed E-state index contributed by atoms with van der Waals surface area (Å²) in [6.07, 6.45) is 1.00. The average molecular weight is 387 g/mol. The molecule has 5 nitrogen and oxygen atoms in total. The minimum absolute atomic E-state index is 0.227. The van der Waals surface area contributed by atoms with E-state index in [-0.39, 0.29) is 5.82 Å². The Labute approximate surface area is 167 Å². The fourth-order valence-corrected chi connectivity index (χ4v) is 2.56. The monoisotopic (exact) mass is 386 g/mol. The molecule has 0 aliphatic rings. The molecule has 0 aromatic heterocycles. The van der Waals surface area contributed by atoms with Crippen LogP contribution in [0.2, 0.25) is 0 Å². The Morgan fingerprint density at radius 1 is 1.00 bits per heavy atom. The number of nitrogens with one attached hydrogen (secondary N) is 2. The van der Waals surface area contributed by atoms with Gasteiger partial charge >= 0.3 is 0 Å². The summed E-state index contributed by atoms with van der Waals surface area (Å²) in [4.78, 5) is 6.76. The van der Waals surface area contributed by atoms with Crippen molar-refractivity contribution in [2.75, 3.05) is 33.8 Å². The van der Waals surface area contributed by atoms with E-state index in [1.54, 1.807) is 12.1 Å². The van der Waals surface area contributed by atoms with Crippen LogP contribution in [0.5, 0.6) is 5.75 Å². The molecule has 0 heterocycles. The molecule has 0 aliphatic heterocycles. The van der Waals surface area contributed by atoms with Gasteiger partial charge in [-0.1, -0.05) is 24.3 Å². The summed E-state index contributed by atoms with van der Waals surface area (Å²) in [7, 11) is 4.12. The van der Waals surface area contributed by atoms with Crippen molar-refractivity contribution in [1.82, 2.24) is 15.5 Å². The Balaban J connectivity index is 1.83. The number of halogens is 1. The highest BCUT2D eigenvalue weighted by Gasteiger charge is 2.00. The summed E-state index contributed by atoms with van der Waals surface area (Å²) < 4.78 is 18.8. The van der Waals surface area contributed by atoms with Crippen molar-refractivity contribution < 1.29 is 9.13 Å². The van der Waals surface area contributed by atoms with E-state index < -0.39 is 0 Å². The highest BCUT2D eigenvalue weighted by atomic mass is 19.1. The summed E-state index contributed by atoms with van der Waals surface area (Å²) in [6, 6.07) is 14.5. The van der Waals surface area contributed by atoms with Crippen molar-refractivity contribution in [3.05, 3.63) is 65.5 Å². The number of aliphatic imine (C=N–C) groups is 1. The molecule has 0 atom stereocenters. The van der Waals surface area contributed by atoms with Gasteiger partial charge in [0, 0.05) is 19.6 Å². The smallest absolute Gasteiger partial charge is 0.191 e. The average Bonchev–Trinajstić information content (AvgIpc) is 2.69. The van der Waals surface area contributed by atoms with Gasteiger partial charge in [0.2, 0.25) is 0 Å². The van der Waals surface area contributed by atoms with Crippen molar-refractivity contribution in [3.8, 4) is 5.75 Å². The normalized spacial score (nSPS) is 11.5. The van der Waals surface area contributed by atoms with Gasteiger partial charge in [0.05, 0.1) is 13.2 Å². The fourth-order valence-electron chi connectivity index (χ4n) is 2.56. The van der Waals surface area contributed by atoms with Gasteiger partial charge in [-0.3, -0.25) is 0 Å². The lowest BCUT2D eigenvalue weighted by Gasteiger charge is -2.12. The number of hydrogen-bond donors (Lipinski definition) is 2.